The van der Waals surface area contributed by atoms with E-state index in [4.69, 9.17) is 16.3 Å². The van der Waals surface area contributed by atoms with E-state index in [1.165, 1.54) is 0 Å². The zero-order chi connectivity index (χ0) is 19.9. The second-order valence-electron chi connectivity index (χ2n) is 5.67. The number of carbonyl (C=O) groups is 2. The Bertz CT molecular complexity index is 996. The van der Waals surface area contributed by atoms with E-state index < -0.39 is 11.9 Å². The molecule has 0 saturated heterocycles. The summed E-state index contributed by atoms with van der Waals surface area (Å²) in [5.41, 5.74) is 0.727. The minimum Gasteiger partial charge on any atom is -0.495 e. The predicted octanol–water partition coefficient (Wildman–Crippen LogP) is 5.46. The van der Waals surface area contributed by atoms with Crippen molar-refractivity contribution in [1.82, 2.24) is 5.32 Å². The summed E-state index contributed by atoms with van der Waals surface area (Å²) in [6, 6.07) is 21.0. The molecule has 28 heavy (non-hydrogen) atoms. The van der Waals surface area contributed by atoms with Gasteiger partial charge in [0.15, 0.2) is 0 Å². The molecule has 3 aromatic rings. The minimum absolute atomic E-state index is 0.228. The molecule has 0 unspecified atom stereocenters. The number of benzene rings is 3. The molecule has 0 bridgehead atoms. The van der Waals surface area contributed by atoms with Gasteiger partial charge >= 0.3 is 6.03 Å². The maximum atomic E-state index is 12.2. The Morgan fingerprint density at radius 3 is 2.39 bits per heavy atom. The summed E-state index contributed by atoms with van der Waals surface area (Å²) in [4.78, 5) is 26.3. The van der Waals surface area contributed by atoms with Crippen LogP contribution in [0.4, 0.5) is 10.5 Å². The number of imide groups is 1. The first kappa shape index (κ1) is 19.8. The van der Waals surface area contributed by atoms with Gasteiger partial charge < -0.3 is 10.1 Å². The van der Waals surface area contributed by atoms with Gasteiger partial charge in [0.2, 0.25) is 0 Å². The SMILES string of the molecule is COc1cc(NC(=O)NC(=O)c2ccccc2Cl)ccc1Sc1ccccc1. The third-order valence-corrected chi connectivity index (χ3v) is 5.13. The topological polar surface area (TPSA) is 67.4 Å². The molecule has 0 aromatic heterocycles. The van der Waals surface area contributed by atoms with Crippen molar-refractivity contribution in [3.8, 4) is 5.75 Å². The van der Waals surface area contributed by atoms with Crippen LogP contribution in [0.5, 0.6) is 5.75 Å². The van der Waals surface area contributed by atoms with Crippen LogP contribution in [-0.4, -0.2) is 19.0 Å². The van der Waals surface area contributed by atoms with Gasteiger partial charge in [0.25, 0.3) is 5.91 Å². The lowest BCUT2D eigenvalue weighted by molar-refractivity contribution is 0.0967. The van der Waals surface area contributed by atoms with Crippen LogP contribution in [-0.2, 0) is 0 Å². The molecule has 2 N–H and O–H groups in total. The fourth-order valence-corrected chi connectivity index (χ4v) is 3.57. The van der Waals surface area contributed by atoms with Crippen LogP contribution in [0.15, 0.2) is 82.6 Å². The Morgan fingerprint density at radius 1 is 0.964 bits per heavy atom. The van der Waals surface area contributed by atoms with Crippen molar-refractivity contribution >= 4 is 41.0 Å². The second-order valence-corrected chi connectivity index (χ2v) is 7.19. The zero-order valence-electron chi connectivity index (χ0n) is 14.9. The Labute approximate surface area is 172 Å². The van der Waals surface area contributed by atoms with Crippen LogP contribution in [0.2, 0.25) is 5.02 Å². The molecule has 0 fully saturated rings. The molecule has 0 spiro atoms. The van der Waals surface area contributed by atoms with Crippen molar-refractivity contribution in [3.63, 3.8) is 0 Å². The van der Waals surface area contributed by atoms with Crippen molar-refractivity contribution < 1.29 is 14.3 Å². The van der Waals surface area contributed by atoms with Crippen LogP contribution in [0.25, 0.3) is 0 Å². The molecular weight excluding hydrogens is 396 g/mol. The summed E-state index contributed by atoms with van der Waals surface area (Å²) in [5.74, 6) is 0.0374. The molecule has 7 heteroatoms. The molecule has 0 aliphatic heterocycles. The van der Waals surface area contributed by atoms with E-state index in [0.29, 0.717) is 11.4 Å². The molecule has 0 saturated carbocycles. The molecule has 0 heterocycles. The van der Waals surface area contributed by atoms with Crippen molar-refractivity contribution in [2.24, 2.45) is 0 Å². The van der Waals surface area contributed by atoms with Crippen LogP contribution in [0.1, 0.15) is 10.4 Å². The van der Waals surface area contributed by atoms with Crippen LogP contribution in [0, 0.1) is 0 Å². The number of rotatable bonds is 5. The number of anilines is 1. The van der Waals surface area contributed by atoms with E-state index in [2.05, 4.69) is 10.6 Å². The van der Waals surface area contributed by atoms with E-state index in [-0.39, 0.29) is 10.6 Å². The molecule has 0 atom stereocenters. The minimum atomic E-state index is -0.657. The lowest BCUT2D eigenvalue weighted by atomic mass is 10.2. The number of nitrogens with one attached hydrogen (secondary N) is 2. The van der Waals surface area contributed by atoms with Gasteiger partial charge in [-0.05, 0) is 36.4 Å². The second kappa shape index (κ2) is 9.30. The maximum Gasteiger partial charge on any atom is 0.326 e. The summed E-state index contributed by atoms with van der Waals surface area (Å²) >= 11 is 7.53. The third kappa shape index (κ3) is 5.06. The fourth-order valence-electron chi connectivity index (χ4n) is 2.42. The number of carbonyl (C=O) groups excluding carboxylic acids is 2. The van der Waals surface area contributed by atoms with Gasteiger partial charge in [-0.15, -0.1) is 0 Å². The highest BCUT2D eigenvalue weighted by molar-refractivity contribution is 7.99. The van der Waals surface area contributed by atoms with E-state index in [1.807, 2.05) is 36.4 Å². The van der Waals surface area contributed by atoms with Crippen LogP contribution < -0.4 is 15.4 Å². The summed E-state index contributed by atoms with van der Waals surface area (Å²) in [6.45, 7) is 0. The van der Waals surface area contributed by atoms with Gasteiger partial charge in [-0.3, -0.25) is 10.1 Å². The molecule has 0 radical (unpaired) electrons. The van der Waals surface area contributed by atoms with Gasteiger partial charge in [0, 0.05) is 16.6 Å². The Morgan fingerprint density at radius 2 is 1.68 bits per heavy atom. The first-order valence-corrected chi connectivity index (χ1v) is 9.54. The monoisotopic (exact) mass is 412 g/mol. The van der Waals surface area contributed by atoms with Gasteiger partial charge in [-0.2, -0.15) is 0 Å². The number of urea groups is 1. The lowest BCUT2D eigenvalue weighted by Gasteiger charge is -2.12. The van der Waals surface area contributed by atoms with Crippen LogP contribution in [0.3, 0.4) is 0 Å². The highest BCUT2D eigenvalue weighted by Gasteiger charge is 2.14. The largest absolute Gasteiger partial charge is 0.495 e. The van der Waals surface area contributed by atoms with Gasteiger partial charge in [0.05, 0.1) is 22.6 Å². The molecule has 3 rings (SSSR count). The maximum absolute atomic E-state index is 12.2. The number of hydrogen-bond donors (Lipinski definition) is 2. The smallest absolute Gasteiger partial charge is 0.326 e. The van der Waals surface area contributed by atoms with E-state index in [9.17, 15) is 9.59 Å². The molecule has 0 aliphatic carbocycles. The number of hydrogen-bond acceptors (Lipinski definition) is 4. The van der Waals surface area contributed by atoms with Crippen molar-refractivity contribution in [3.05, 3.63) is 83.4 Å². The van der Waals surface area contributed by atoms with Crippen molar-refractivity contribution in [2.75, 3.05) is 12.4 Å². The summed E-state index contributed by atoms with van der Waals surface area (Å²) in [6.07, 6.45) is 0. The molecule has 142 valence electrons. The normalized spacial score (nSPS) is 10.2. The van der Waals surface area contributed by atoms with Crippen LogP contribution >= 0.6 is 23.4 Å². The van der Waals surface area contributed by atoms with Crippen molar-refractivity contribution in [2.45, 2.75) is 9.79 Å². The van der Waals surface area contributed by atoms with Crippen molar-refractivity contribution in [1.29, 1.82) is 0 Å². The average molecular weight is 413 g/mol. The van der Waals surface area contributed by atoms with E-state index in [1.54, 1.807) is 55.3 Å². The molecule has 3 amide bonds. The Kier molecular flexibility index (Phi) is 6.57. The van der Waals surface area contributed by atoms with Gasteiger partial charge in [-0.1, -0.05) is 53.7 Å². The number of amides is 3. The average Bonchev–Trinajstić information content (AvgIpc) is 2.70. The summed E-state index contributed by atoms with van der Waals surface area (Å²) in [7, 11) is 1.56. The van der Waals surface area contributed by atoms with Gasteiger partial charge in [-0.25, -0.2) is 4.79 Å². The predicted molar refractivity (Wildman–Crippen MR) is 111 cm³/mol. The Balaban J connectivity index is 1.68. The number of ether oxygens (including phenoxy) is 1. The Hall–Kier alpha value is -2.96. The molecule has 0 aliphatic rings. The summed E-state index contributed by atoms with van der Waals surface area (Å²) < 4.78 is 5.43. The van der Waals surface area contributed by atoms with E-state index >= 15 is 0 Å². The standard InChI is InChI=1S/C21H17ClN2O3S/c1-27-18-13-14(11-12-19(18)28-15-7-3-2-4-8-15)23-21(26)24-20(25)16-9-5-6-10-17(16)22/h2-13H,1H3,(H2,23,24,25,26). The van der Waals surface area contributed by atoms with E-state index in [0.717, 1.165) is 9.79 Å². The number of methoxy groups -OCH3 is 1. The molecule has 5 nitrogen and oxygen atoms in total. The highest BCUT2D eigenvalue weighted by atomic mass is 35.5. The third-order valence-electron chi connectivity index (χ3n) is 3.74. The first-order valence-electron chi connectivity index (χ1n) is 8.34. The summed E-state index contributed by atoms with van der Waals surface area (Å²) in [5, 5.41) is 5.16. The molecule has 3 aromatic carbocycles. The number of halogens is 1. The zero-order valence-corrected chi connectivity index (χ0v) is 16.5. The highest BCUT2D eigenvalue weighted by Crippen LogP contribution is 2.36. The first-order chi connectivity index (χ1) is 13.6. The quantitative estimate of drug-likeness (QED) is 0.583. The molecular formula is C21H17ClN2O3S. The lowest BCUT2D eigenvalue weighted by Crippen LogP contribution is -2.34. The fraction of sp³-hybridized carbons (Fsp3) is 0.0476. The van der Waals surface area contributed by atoms with Gasteiger partial charge in [0.1, 0.15) is 5.75 Å².